The quantitative estimate of drug-likeness (QED) is 0.832. The molecule has 0 saturated heterocycles. The molecule has 15 heavy (non-hydrogen) atoms. The minimum absolute atomic E-state index is 0.223. The van der Waals surface area contributed by atoms with E-state index in [9.17, 15) is 4.79 Å². The van der Waals surface area contributed by atoms with Crippen molar-refractivity contribution >= 4 is 17.7 Å². The summed E-state index contributed by atoms with van der Waals surface area (Å²) >= 11 is 1.71. The summed E-state index contributed by atoms with van der Waals surface area (Å²) in [5.41, 5.74) is 3.02. The highest BCUT2D eigenvalue weighted by Crippen LogP contribution is 2.37. The second-order valence-corrected chi connectivity index (χ2v) is 4.32. The van der Waals surface area contributed by atoms with E-state index in [0.29, 0.717) is 0 Å². The maximum absolute atomic E-state index is 11.1. The summed E-state index contributed by atoms with van der Waals surface area (Å²) in [5.74, 6) is 0.842. The first-order chi connectivity index (χ1) is 7.15. The molecule has 5 heteroatoms. The predicted molar refractivity (Wildman–Crippen MR) is 57.5 cm³/mol. The van der Waals surface area contributed by atoms with Gasteiger partial charge in [0.2, 0.25) is 5.88 Å². The molecule has 80 valence electrons. The first-order valence-electron chi connectivity index (χ1n) is 4.52. The van der Waals surface area contributed by atoms with Gasteiger partial charge in [-0.15, -0.1) is 0 Å². The number of aryl methyl sites for hydroxylation is 1. The number of aromatic carboxylic acids is 1. The molecule has 0 fully saturated rings. The minimum Gasteiger partial charge on any atom is -0.480 e. The second kappa shape index (κ2) is 3.73. The number of pyridine rings is 1. The van der Waals surface area contributed by atoms with Crippen LogP contribution in [0, 0.1) is 6.92 Å². The van der Waals surface area contributed by atoms with Crippen LogP contribution in [0.3, 0.4) is 0 Å². The molecule has 0 spiro atoms. The highest BCUT2D eigenvalue weighted by Gasteiger charge is 2.26. The Kier molecular flexibility index (Phi) is 2.56. The SMILES string of the molecule is COc1nc(C)c2c(c1C(=O)O)CSC2. The molecular formula is C10H11NO3S. The fourth-order valence-corrected chi connectivity index (χ4v) is 2.96. The van der Waals surface area contributed by atoms with Gasteiger partial charge in [-0.05, 0) is 18.1 Å². The van der Waals surface area contributed by atoms with E-state index in [1.807, 2.05) is 6.92 Å². The van der Waals surface area contributed by atoms with Gasteiger partial charge < -0.3 is 9.84 Å². The lowest BCUT2D eigenvalue weighted by molar-refractivity contribution is 0.0691. The minimum atomic E-state index is -0.960. The predicted octanol–water partition coefficient (Wildman–Crippen LogP) is 1.84. The summed E-state index contributed by atoms with van der Waals surface area (Å²) in [6, 6.07) is 0. The summed E-state index contributed by atoms with van der Waals surface area (Å²) in [6.45, 7) is 1.89. The number of ether oxygens (including phenoxy) is 1. The molecule has 2 heterocycles. The van der Waals surface area contributed by atoms with Gasteiger partial charge in [0.15, 0.2) is 0 Å². The number of fused-ring (bicyclic) bond motifs is 1. The van der Waals surface area contributed by atoms with Gasteiger partial charge in [0.25, 0.3) is 0 Å². The number of nitrogens with zero attached hydrogens (tertiary/aromatic N) is 1. The Morgan fingerprint density at radius 1 is 1.47 bits per heavy atom. The van der Waals surface area contributed by atoms with Gasteiger partial charge in [-0.25, -0.2) is 9.78 Å². The van der Waals surface area contributed by atoms with E-state index in [1.54, 1.807) is 11.8 Å². The molecule has 1 aromatic rings. The lowest BCUT2D eigenvalue weighted by Crippen LogP contribution is -2.09. The molecule has 0 aromatic carbocycles. The molecule has 1 aliphatic heterocycles. The van der Waals surface area contributed by atoms with E-state index in [4.69, 9.17) is 9.84 Å². The zero-order valence-corrected chi connectivity index (χ0v) is 9.35. The summed E-state index contributed by atoms with van der Waals surface area (Å²) in [7, 11) is 1.45. The molecule has 0 amide bonds. The van der Waals surface area contributed by atoms with Crippen LogP contribution in [0.15, 0.2) is 0 Å². The maximum Gasteiger partial charge on any atom is 0.341 e. The standard InChI is InChI=1S/C10H11NO3S/c1-5-6-3-15-4-7(6)8(10(12)13)9(11-5)14-2/h3-4H2,1-2H3,(H,12,13). The summed E-state index contributed by atoms with van der Waals surface area (Å²) in [4.78, 5) is 15.3. The van der Waals surface area contributed by atoms with Crippen LogP contribution in [-0.2, 0) is 11.5 Å². The molecule has 0 aliphatic carbocycles. The van der Waals surface area contributed by atoms with Crippen molar-refractivity contribution in [2.45, 2.75) is 18.4 Å². The number of rotatable bonds is 2. The lowest BCUT2D eigenvalue weighted by Gasteiger charge is -2.10. The molecular weight excluding hydrogens is 214 g/mol. The summed E-state index contributed by atoms with van der Waals surface area (Å²) in [6.07, 6.45) is 0. The molecule has 2 rings (SSSR count). The molecule has 0 bridgehead atoms. The van der Waals surface area contributed by atoms with Crippen LogP contribution in [0.4, 0.5) is 0 Å². The van der Waals surface area contributed by atoms with Gasteiger partial charge >= 0.3 is 5.97 Å². The first kappa shape index (κ1) is 10.3. The normalized spacial score (nSPS) is 13.7. The molecule has 0 saturated carbocycles. The van der Waals surface area contributed by atoms with Crippen LogP contribution in [0.5, 0.6) is 5.88 Å². The van der Waals surface area contributed by atoms with Gasteiger partial charge in [0.1, 0.15) is 5.56 Å². The molecule has 1 N–H and O–H groups in total. The molecule has 4 nitrogen and oxygen atoms in total. The fourth-order valence-electron chi connectivity index (χ4n) is 1.75. The van der Waals surface area contributed by atoms with Crippen molar-refractivity contribution in [3.05, 3.63) is 22.4 Å². The number of aromatic nitrogens is 1. The zero-order chi connectivity index (χ0) is 11.0. The fraction of sp³-hybridized carbons (Fsp3) is 0.400. The largest absolute Gasteiger partial charge is 0.480 e. The van der Waals surface area contributed by atoms with Gasteiger partial charge in [0.05, 0.1) is 7.11 Å². The summed E-state index contributed by atoms with van der Waals surface area (Å²) < 4.78 is 5.01. The van der Waals surface area contributed by atoms with Crippen molar-refractivity contribution in [1.29, 1.82) is 0 Å². The first-order valence-corrected chi connectivity index (χ1v) is 5.68. The van der Waals surface area contributed by atoms with Crippen molar-refractivity contribution in [2.75, 3.05) is 7.11 Å². The van der Waals surface area contributed by atoms with Crippen molar-refractivity contribution in [2.24, 2.45) is 0 Å². The Morgan fingerprint density at radius 3 is 2.73 bits per heavy atom. The molecule has 0 unspecified atom stereocenters. The molecule has 0 atom stereocenters. The highest BCUT2D eigenvalue weighted by atomic mass is 32.2. The van der Waals surface area contributed by atoms with E-state index in [-0.39, 0.29) is 11.4 Å². The Hall–Kier alpha value is -1.23. The number of methoxy groups -OCH3 is 1. The number of thioether (sulfide) groups is 1. The number of hydrogen-bond donors (Lipinski definition) is 1. The van der Waals surface area contributed by atoms with Crippen molar-refractivity contribution in [3.8, 4) is 5.88 Å². The van der Waals surface area contributed by atoms with Crippen molar-refractivity contribution < 1.29 is 14.6 Å². The molecule has 1 aromatic heterocycles. The van der Waals surface area contributed by atoms with Crippen molar-refractivity contribution in [1.82, 2.24) is 4.98 Å². The van der Waals surface area contributed by atoms with Gasteiger partial charge in [-0.2, -0.15) is 11.8 Å². The Balaban J connectivity index is 2.70. The van der Waals surface area contributed by atoms with E-state index in [0.717, 1.165) is 28.3 Å². The van der Waals surface area contributed by atoms with E-state index in [1.165, 1.54) is 7.11 Å². The van der Waals surface area contributed by atoms with Gasteiger partial charge in [-0.3, -0.25) is 0 Å². The Bertz CT molecular complexity index is 431. The van der Waals surface area contributed by atoms with E-state index < -0.39 is 5.97 Å². The van der Waals surface area contributed by atoms with Crippen LogP contribution in [0.1, 0.15) is 27.2 Å². The second-order valence-electron chi connectivity index (χ2n) is 3.34. The van der Waals surface area contributed by atoms with Crippen LogP contribution in [-0.4, -0.2) is 23.2 Å². The Morgan fingerprint density at radius 2 is 2.13 bits per heavy atom. The number of carboxylic acid groups (broad SMARTS) is 1. The van der Waals surface area contributed by atoms with Crippen LogP contribution in [0.25, 0.3) is 0 Å². The molecule has 0 radical (unpaired) electrons. The van der Waals surface area contributed by atoms with Crippen LogP contribution in [0.2, 0.25) is 0 Å². The maximum atomic E-state index is 11.1. The average molecular weight is 225 g/mol. The third-order valence-electron chi connectivity index (χ3n) is 2.49. The monoisotopic (exact) mass is 225 g/mol. The number of hydrogen-bond acceptors (Lipinski definition) is 4. The zero-order valence-electron chi connectivity index (χ0n) is 8.53. The number of carboxylic acids is 1. The van der Waals surface area contributed by atoms with E-state index >= 15 is 0 Å². The van der Waals surface area contributed by atoms with Crippen LogP contribution < -0.4 is 4.74 Å². The smallest absolute Gasteiger partial charge is 0.341 e. The summed E-state index contributed by atoms with van der Waals surface area (Å²) in [5, 5.41) is 9.12. The third kappa shape index (κ3) is 1.56. The third-order valence-corrected chi connectivity index (χ3v) is 3.47. The van der Waals surface area contributed by atoms with Gasteiger partial charge in [0, 0.05) is 17.2 Å². The van der Waals surface area contributed by atoms with Crippen molar-refractivity contribution in [3.63, 3.8) is 0 Å². The van der Waals surface area contributed by atoms with E-state index in [2.05, 4.69) is 4.98 Å². The molecule has 1 aliphatic rings. The topological polar surface area (TPSA) is 59.4 Å². The van der Waals surface area contributed by atoms with Gasteiger partial charge in [-0.1, -0.05) is 0 Å². The lowest BCUT2D eigenvalue weighted by atomic mass is 10.0. The Labute approximate surface area is 91.7 Å². The highest BCUT2D eigenvalue weighted by molar-refractivity contribution is 7.98. The average Bonchev–Trinajstić information content (AvgIpc) is 2.65. The number of carbonyl (C=O) groups is 1. The van der Waals surface area contributed by atoms with Crippen LogP contribution >= 0.6 is 11.8 Å².